The lowest BCUT2D eigenvalue weighted by atomic mass is 10.1. The third kappa shape index (κ3) is 4.01. The van der Waals surface area contributed by atoms with E-state index in [1.807, 2.05) is 36.5 Å². The van der Waals surface area contributed by atoms with E-state index in [9.17, 15) is 4.79 Å². The van der Waals surface area contributed by atoms with Gasteiger partial charge in [0.25, 0.3) is 5.56 Å². The first kappa shape index (κ1) is 18.8. The van der Waals surface area contributed by atoms with E-state index < -0.39 is 0 Å². The molecular weight excluding hydrogens is 372 g/mol. The zero-order chi connectivity index (χ0) is 19.5. The molecule has 1 aromatic carbocycles. The molecule has 1 aliphatic heterocycles. The first-order chi connectivity index (χ1) is 13.6. The summed E-state index contributed by atoms with van der Waals surface area (Å²) in [5.74, 6) is 0.805. The van der Waals surface area contributed by atoms with Gasteiger partial charge in [-0.1, -0.05) is 42.8 Å². The number of aromatic amines is 1. The van der Waals surface area contributed by atoms with E-state index in [2.05, 4.69) is 32.8 Å². The Labute approximate surface area is 169 Å². The molecule has 0 saturated carbocycles. The molecule has 0 radical (unpaired) electrons. The van der Waals surface area contributed by atoms with Crippen molar-refractivity contribution in [2.45, 2.75) is 39.3 Å². The number of nitrogens with one attached hydrogen (secondary N) is 1. The fraction of sp³-hybridized carbons (Fsp3) is 0.318. The van der Waals surface area contributed by atoms with Crippen LogP contribution in [0.3, 0.4) is 0 Å². The Kier molecular flexibility index (Phi) is 5.55. The van der Waals surface area contributed by atoms with Gasteiger partial charge in [-0.05, 0) is 24.1 Å². The van der Waals surface area contributed by atoms with Gasteiger partial charge in [-0.15, -0.1) is 0 Å². The van der Waals surface area contributed by atoms with Gasteiger partial charge < -0.3 is 4.98 Å². The molecule has 1 aliphatic rings. The normalized spacial score (nSPS) is 14.1. The number of pyridine rings is 1. The Bertz CT molecular complexity index is 1030. The summed E-state index contributed by atoms with van der Waals surface area (Å²) >= 11 is 6.26. The van der Waals surface area contributed by atoms with E-state index in [1.54, 1.807) is 0 Å². The van der Waals surface area contributed by atoms with Gasteiger partial charge in [0, 0.05) is 49.3 Å². The summed E-state index contributed by atoms with van der Waals surface area (Å²) in [6.07, 6.45) is 4.49. The molecule has 5 nitrogen and oxygen atoms in total. The Morgan fingerprint density at radius 1 is 1.21 bits per heavy atom. The van der Waals surface area contributed by atoms with Gasteiger partial charge in [0.1, 0.15) is 5.82 Å². The zero-order valence-electron chi connectivity index (χ0n) is 15.9. The lowest BCUT2D eigenvalue weighted by Gasteiger charge is -2.27. The van der Waals surface area contributed by atoms with Crippen LogP contribution in [0.2, 0.25) is 5.02 Å². The molecule has 1 N–H and O–H groups in total. The van der Waals surface area contributed by atoms with Gasteiger partial charge in [-0.25, -0.2) is 4.98 Å². The predicted molar refractivity (Wildman–Crippen MR) is 111 cm³/mol. The maximum atomic E-state index is 12.4. The summed E-state index contributed by atoms with van der Waals surface area (Å²) in [6, 6.07) is 11.8. The van der Waals surface area contributed by atoms with Gasteiger partial charge in [-0.3, -0.25) is 14.7 Å². The van der Waals surface area contributed by atoms with E-state index in [1.165, 1.54) is 0 Å². The SMILES string of the molecule is CCCc1nc2c(c(=O)[nH]1)CN(Cc1ccc(-c3ccccc3Cl)nc1)CC2. The quantitative estimate of drug-likeness (QED) is 0.710. The van der Waals surface area contributed by atoms with Gasteiger partial charge in [-0.2, -0.15) is 0 Å². The monoisotopic (exact) mass is 394 g/mol. The summed E-state index contributed by atoms with van der Waals surface area (Å²) in [7, 11) is 0. The van der Waals surface area contributed by atoms with Crippen LogP contribution >= 0.6 is 11.6 Å². The minimum Gasteiger partial charge on any atom is -0.310 e. The van der Waals surface area contributed by atoms with E-state index >= 15 is 0 Å². The molecule has 0 fully saturated rings. The van der Waals surface area contributed by atoms with Gasteiger partial charge >= 0.3 is 0 Å². The molecule has 6 heteroatoms. The number of halogens is 1. The Balaban J connectivity index is 1.47. The summed E-state index contributed by atoms with van der Waals surface area (Å²) in [5.41, 5.74) is 4.67. The first-order valence-electron chi connectivity index (χ1n) is 9.67. The van der Waals surface area contributed by atoms with Crippen molar-refractivity contribution >= 4 is 11.6 Å². The van der Waals surface area contributed by atoms with E-state index in [-0.39, 0.29) is 5.56 Å². The van der Waals surface area contributed by atoms with Crippen molar-refractivity contribution in [1.82, 2.24) is 19.9 Å². The van der Waals surface area contributed by atoms with Crippen LogP contribution in [0.25, 0.3) is 11.3 Å². The van der Waals surface area contributed by atoms with Gasteiger partial charge in [0.2, 0.25) is 0 Å². The second-order valence-corrected chi connectivity index (χ2v) is 7.59. The molecule has 4 rings (SSSR count). The van der Waals surface area contributed by atoms with E-state index in [4.69, 9.17) is 11.6 Å². The molecule has 0 amide bonds. The highest BCUT2D eigenvalue weighted by Crippen LogP contribution is 2.26. The number of benzene rings is 1. The molecule has 144 valence electrons. The summed E-state index contributed by atoms with van der Waals surface area (Å²) in [5, 5.41) is 0.699. The summed E-state index contributed by atoms with van der Waals surface area (Å²) < 4.78 is 0. The molecule has 0 bridgehead atoms. The fourth-order valence-electron chi connectivity index (χ4n) is 3.63. The van der Waals surface area contributed by atoms with Crippen LogP contribution in [0.1, 0.15) is 36.0 Å². The molecule has 3 aromatic rings. The van der Waals surface area contributed by atoms with Crippen molar-refractivity contribution in [3.8, 4) is 11.3 Å². The third-order valence-corrected chi connectivity index (χ3v) is 5.39. The standard InChI is InChI=1S/C22H23ClN4O/c1-2-5-21-25-20-10-11-27(14-17(20)22(28)26-21)13-15-8-9-19(24-12-15)16-6-3-4-7-18(16)23/h3-4,6-9,12H,2,5,10-11,13-14H2,1H3,(H,25,26,28). The first-order valence-corrected chi connectivity index (χ1v) is 10.0. The molecular formula is C22H23ClN4O. The van der Waals surface area contributed by atoms with Crippen LogP contribution in [0.15, 0.2) is 47.4 Å². The van der Waals surface area contributed by atoms with Crippen molar-refractivity contribution < 1.29 is 0 Å². The number of hydrogen-bond acceptors (Lipinski definition) is 4. The molecule has 2 aromatic heterocycles. The molecule has 0 aliphatic carbocycles. The average Bonchev–Trinajstić information content (AvgIpc) is 2.70. The zero-order valence-corrected chi connectivity index (χ0v) is 16.7. The van der Waals surface area contributed by atoms with Crippen LogP contribution in [0, 0.1) is 0 Å². The predicted octanol–water partition coefficient (Wildman–Crippen LogP) is 4.00. The third-order valence-electron chi connectivity index (χ3n) is 5.06. The van der Waals surface area contributed by atoms with Crippen molar-refractivity contribution in [2.75, 3.05) is 6.54 Å². The van der Waals surface area contributed by atoms with Crippen LogP contribution < -0.4 is 5.56 Å². The maximum absolute atomic E-state index is 12.4. The van der Waals surface area contributed by atoms with Crippen LogP contribution in [0.5, 0.6) is 0 Å². The molecule has 0 unspecified atom stereocenters. The fourth-order valence-corrected chi connectivity index (χ4v) is 3.86. The highest BCUT2D eigenvalue weighted by atomic mass is 35.5. The lowest BCUT2D eigenvalue weighted by molar-refractivity contribution is 0.241. The number of aromatic nitrogens is 3. The van der Waals surface area contributed by atoms with Crippen molar-refractivity contribution in [2.24, 2.45) is 0 Å². The molecule has 28 heavy (non-hydrogen) atoms. The summed E-state index contributed by atoms with van der Waals surface area (Å²) in [6.45, 7) is 4.36. The maximum Gasteiger partial charge on any atom is 0.255 e. The number of aryl methyl sites for hydroxylation is 1. The van der Waals surface area contributed by atoms with Crippen molar-refractivity contribution in [1.29, 1.82) is 0 Å². The van der Waals surface area contributed by atoms with Crippen LogP contribution in [-0.4, -0.2) is 26.4 Å². The average molecular weight is 395 g/mol. The van der Waals surface area contributed by atoms with E-state index in [0.717, 1.165) is 66.3 Å². The number of H-pyrrole nitrogens is 1. The van der Waals surface area contributed by atoms with Crippen molar-refractivity contribution in [3.63, 3.8) is 0 Å². The van der Waals surface area contributed by atoms with Gasteiger partial charge in [0.15, 0.2) is 0 Å². The second-order valence-electron chi connectivity index (χ2n) is 7.18. The number of rotatable bonds is 5. The van der Waals surface area contributed by atoms with E-state index in [0.29, 0.717) is 11.6 Å². The highest BCUT2D eigenvalue weighted by molar-refractivity contribution is 6.33. The molecule has 0 atom stereocenters. The Morgan fingerprint density at radius 2 is 2.07 bits per heavy atom. The summed E-state index contributed by atoms with van der Waals surface area (Å²) in [4.78, 5) is 26.9. The van der Waals surface area contributed by atoms with Crippen LogP contribution in [-0.2, 0) is 25.9 Å². The molecule has 3 heterocycles. The minimum absolute atomic E-state index is 0.00495. The second kappa shape index (κ2) is 8.25. The Hall–Kier alpha value is -2.50. The molecule has 0 spiro atoms. The topological polar surface area (TPSA) is 61.9 Å². The Morgan fingerprint density at radius 3 is 2.82 bits per heavy atom. The van der Waals surface area contributed by atoms with Crippen LogP contribution in [0.4, 0.5) is 0 Å². The minimum atomic E-state index is 0.00495. The highest BCUT2D eigenvalue weighted by Gasteiger charge is 2.21. The number of hydrogen-bond donors (Lipinski definition) is 1. The largest absolute Gasteiger partial charge is 0.310 e. The van der Waals surface area contributed by atoms with Gasteiger partial charge in [0.05, 0.1) is 17.0 Å². The van der Waals surface area contributed by atoms with Crippen molar-refractivity contribution in [3.05, 3.63) is 80.6 Å². The number of fused-ring (bicyclic) bond motifs is 1. The smallest absolute Gasteiger partial charge is 0.255 e. The molecule has 0 saturated heterocycles. The number of nitrogens with zero attached hydrogens (tertiary/aromatic N) is 3. The lowest BCUT2D eigenvalue weighted by Crippen LogP contribution is -2.35.